The number of ether oxygens (including phenoxy) is 2. The van der Waals surface area contributed by atoms with Gasteiger partial charge in [0.05, 0.1) is 40.6 Å². The summed E-state index contributed by atoms with van der Waals surface area (Å²) in [6.07, 6.45) is -13.2. The van der Waals surface area contributed by atoms with E-state index in [1.807, 2.05) is 0 Å². The average molecular weight is 763 g/mol. The first kappa shape index (κ1) is 33.2. The number of nitrogens with two attached hydrogens (primary N) is 1. The van der Waals surface area contributed by atoms with Gasteiger partial charge in [-0.15, -0.1) is 0 Å². The number of aliphatic hydroxyl groups is 1. The monoisotopic (exact) mass is 761 g/mol. The summed E-state index contributed by atoms with van der Waals surface area (Å²) in [5.41, 5.74) is 4.91. The summed E-state index contributed by atoms with van der Waals surface area (Å²) < 4.78 is 76.6. The number of halogens is 4. The van der Waals surface area contributed by atoms with Crippen LogP contribution in [0.2, 0.25) is 15.3 Å². The van der Waals surface area contributed by atoms with E-state index in [9.17, 15) is 28.8 Å². The number of nitrogens with one attached hydrogen (secondary N) is 1. The first-order chi connectivity index (χ1) is 22.1. The number of nitrogens with zero attached hydrogens (tertiary/aromatic N) is 5. The molecule has 47 heavy (non-hydrogen) atoms. The van der Waals surface area contributed by atoms with E-state index in [2.05, 4.69) is 19.9 Å². The highest BCUT2D eigenvalue weighted by Crippen LogP contribution is 2.54. The zero-order valence-electron chi connectivity index (χ0n) is 23.0. The number of aliphatic hydroxyl groups excluding tert-OH is 1. The Kier molecular flexibility index (Phi) is 8.46. The Morgan fingerprint density at radius 3 is 2.34 bits per heavy atom. The topological polar surface area (TPSA) is 258 Å². The molecular formula is C22H21Cl3FN7O12P2. The first-order valence-corrected chi connectivity index (χ1v) is 17.4. The van der Waals surface area contributed by atoms with E-state index in [-0.39, 0.29) is 43.5 Å². The number of nitrogen functional groups attached to an aromatic ring is 1. The quantitative estimate of drug-likeness (QED) is 0.183. The number of aromatic nitrogens is 6. The minimum atomic E-state index is -5.19. The Hall–Kier alpha value is -2.26. The lowest BCUT2D eigenvalue weighted by atomic mass is 10.1. The molecule has 2 bridgehead atoms. The van der Waals surface area contributed by atoms with Gasteiger partial charge in [-0.05, 0) is 23.7 Å². The maximum Gasteiger partial charge on any atom is 0.472 e. The van der Waals surface area contributed by atoms with Crippen molar-refractivity contribution in [2.45, 2.75) is 49.1 Å². The van der Waals surface area contributed by atoms with Gasteiger partial charge in [0.1, 0.15) is 30.5 Å². The fourth-order valence-electron chi connectivity index (χ4n) is 5.49. The van der Waals surface area contributed by atoms with E-state index in [0.717, 1.165) is 10.9 Å². The molecule has 0 saturated carbocycles. The van der Waals surface area contributed by atoms with E-state index in [1.165, 1.54) is 16.7 Å². The molecule has 254 valence electrons. The predicted octanol–water partition coefficient (Wildman–Crippen LogP) is 2.22. The van der Waals surface area contributed by atoms with Crippen LogP contribution in [0, 0.1) is 0 Å². The summed E-state index contributed by atoms with van der Waals surface area (Å²) in [4.78, 5) is 47.8. The van der Waals surface area contributed by atoms with Gasteiger partial charge >= 0.3 is 15.6 Å². The number of benzene rings is 1. The zero-order valence-corrected chi connectivity index (χ0v) is 27.1. The van der Waals surface area contributed by atoms with Crippen molar-refractivity contribution in [2.24, 2.45) is 0 Å². The molecule has 0 radical (unpaired) electrons. The highest BCUT2D eigenvalue weighted by Gasteiger charge is 2.54. The second-order valence-corrected chi connectivity index (χ2v) is 14.5. The van der Waals surface area contributed by atoms with E-state index in [4.69, 9.17) is 68.1 Å². The predicted molar refractivity (Wildman–Crippen MR) is 157 cm³/mol. The molecule has 3 aliphatic rings. The van der Waals surface area contributed by atoms with Gasteiger partial charge in [0, 0.05) is 0 Å². The lowest BCUT2D eigenvalue weighted by Crippen LogP contribution is -2.35. The van der Waals surface area contributed by atoms with E-state index >= 15 is 4.39 Å². The van der Waals surface area contributed by atoms with Crippen LogP contribution in [-0.4, -0.2) is 93.9 Å². The number of imidazole rings is 2. The Bertz CT molecular complexity index is 2050. The van der Waals surface area contributed by atoms with Crippen LogP contribution in [0.15, 0.2) is 23.3 Å². The molecule has 3 fully saturated rings. The van der Waals surface area contributed by atoms with Crippen LogP contribution in [0.5, 0.6) is 0 Å². The second kappa shape index (κ2) is 12.0. The second-order valence-electron chi connectivity index (χ2n) is 10.5. The molecule has 25 heteroatoms. The van der Waals surface area contributed by atoms with Crippen molar-refractivity contribution in [3.05, 3.63) is 44.1 Å². The molecule has 3 aromatic heterocycles. The van der Waals surface area contributed by atoms with Gasteiger partial charge in [0.25, 0.3) is 5.56 Å². The first-order valence-electron chi connectivity index (χ1n) is 13.3. The minimum Gasteiger partial charge on any atom is -0.387 e. The van der Waals surface area contributed by atoms with Crippen LogP contribution < -0.4 is 11.3 Å². The number of hydrogen-bond donors (Lipinski definition) is 5. The molecule has 3 aliphatic heterocycles. The van der Waals surface area contributed by atoms with Crippen LogP contribution in [-0.2, 0) is 36.7 Å². The van der Waals surface area contributed by atoms with E-state index in [0.29, 0.717) is 0 Å². The maximum atomic E-state index is 15.9. The Morgan fingerprint density at radius 1 is 0.979 bits per heavy atom. The lowest BCUT2D eigenvalue weighted by molar-refractivity contribution is -0.0668. The third kappa shape index (κ3) is 6.00. The van der Waals surface area contributed by atoms with Crippen molar-refractivity contribution in [1.29, 1.82) is 0 Å². The highest BCUT2D eigenvalue weighted by molar-refractivity contribution is 7.47. The molecule has 10 atom stereocenters. The van der Waals surface area contributed by atoms with Crippen molar-refractivity contribution in [2.75, 3.05) is 18.9 Å². The number of rotatable bonds is 2. The average Bonchev–Trinajstić information content (AvgIpc) is 3.70. The Balaban J connectivity index is 1.22. The van der Waals surface area contributed by atoms with Crippen LogP contribution >= 0.6 is 50.4 Å². The summed E-state index contributed by atoms with van der Waals surface area (Å²) in [5.74, 6) is -0.319. The standard InChI is InChI=1S/C22H21Cl3FN7O12P2/c23-6-1-8-9(2-7(6)24)33(21(25)29-8)20-16-14(34)10(42-20)3-40-46(36,37)44-15-11(4-41-47(38,39)45-16)43-19(12(15)26)32-5-28-13-17(32)30-22(27)31-18(13)35/h1-2,5,10-12,14-16,19-20,34H,3-4H2,(H,36,37)(H,38,39)(H3,27,30,31,35)/t10-,11-,12+,14+,15?,16?,19-,20-/m1/s1. The van der Waals surface area contributed by atoms with Gasteiger partial charge in [-0.25, -0.2) is 23.5 Å². The van der Waals surface area contributed by atoms with Crippen molar-refractivity contribution < 1.29 is 56.0 Å². The number of H-pyrrole nitrogens is 1. The number of anilines is 1. The lowest BCUT2D eigenvalue weighted by Gasteiger charge is -2.26. The minimum absolute atomic E-state index is 0.0925. The molecule has 6 heterocycles. The molecule has 3 saturated heterocycles. The van der Waals surface area contributed by atoms with Gasteiger partial charge in [0.15, 0.2) is 29.8 Å². The summed E-state index contributed by atoms with van der Waals surface area (Å²) in [5, 5.41) is 11.1. The molecule has 19 nitrogen and oxygen atoms in total. The Labute approximate surface area is 275 Å². The highest BCUT2D eigenvalue weighted by atomic mass is 35.5. The molecule has 4 unspecified atom stereocenters. The van der Waals surface area contributed by atoms with Crippen LogP contribution in [0.4, 0.5) is 10.3 Å². The van der Waals surface area contributed by atoms with Gasteiger partial charge in [-0.1, -0.05) is 23.2 Å². The maximum absolute atomic E-state index is 15.9. The van der Waals surface area contributed by atoms with Gasteiger partial charge in [-0.2, -0.15) is 4.98 Å². The van der Waals surface area contributed by atoms with Crippen LogP contribution in [0.25, 0.3) is 22.2 Å². The summed E-state index contributed by atoms with van der Waals surface area (Å²) in [6.45, 7) is -1.83. The van der Waals surface area contributed by atoms with E-state index < -0.39 is 83.6 Å². The SMILES string of the molecule is Nc1nc2c(ncn2[C@@H]2O[C@@H]3COP(=O)(O)OC4[C@@H](O)[C@@H](COP(=O)(O)OC3[C@@H]2F)O[C@H]4n2c(Cl)nc3cc(Cl)c(Cl)cc32)c(=O)[nH]1. The third-order valence-electron chi connectivity index (χ3n) is 7.56. The number of aromatic amines is 1. The molecule has 0 aliphatic carbocycles. The van der Waals surface area contributed by atoms with Gasteiger partial charge < -0.3 is 30.1 Å². The molecule has 4 aromatic rings. The van der Waals surface area contributed by atoms with Crippen molar-refractivity contribution >= 4 is 78.6 Å². The molecule has 6 N–H and O–H groups in total. The summed E-state index contributed by atoms with van der Waals surface area (Å²) >= 11 is 18.6. The van der Waals surface area contributed by atoms with Gasteiger partial charge in [0.2, 0.25) is 11.2 Å². The van der Waals surface area contributed by atoms with Crippen LogP contribution in [0.1, 0.15) is 12.5 Å². The third-order valence-corrected chi connectivity index (χ3v) is 10.5. The zero-order chi connectivity index (χ0) is 33.6. The fourth-order valence-corrected chi connectivity index (χ4v) is 7.97. The van der Waals surface area contributed by atoms with Crippen molar-refractivity contribution in [1.82, 2.24) is 29.1 Å². The molecule has 1 aromatic carbocycles. The fraction of sp³-hybridized carbons (Fsp3) is 0.455. The number of phosphoric acid groups is 2. The number of fused-ring (bicyclic) bond motifs is 5. The molecule has 0 spiro atoms. The molecule has 7 rings (SSSR count). The largest absolute Gasteiger partial charge is 0.472 e. The molecular weight excluding hydrogens is 742 g/mol. The van der Waals surface area contributed by atoms with Crippen molar-refractivity contribution in [3.63, 3.8) is 0 Å². The van der Waals surface area contributed by atoms with E-state index in [1.54, 1.807) is 0 Å². The Morgan fingerprint density at radius 2 is 1.62 bits per heavy atom. The smallest absolute Gasteiger partial charge is 0.387 e. The van der Waals surface area contributed by atoms with Crippen molar-refractivity contribution in [3.8, 4) is 0 Å². The number of hydrogen-bond acceptors (Lipinski definition) is 14. The normalized spacial score (nSPS) is 36.7. The summed E-state index contributed by atoms with van der Waals surface area (Å²) in [6, 6.07) is 2.77. The van der Waals surface area contributed by atoms with Gasteiger partial charge in [-0.3, -0.25) is 37.0 Å². The number of alkyl halides is 1. The molecule has 0 amide bonds. The van der Waals surface area contributed by atoms with Crippen LogP contribution in [0.3, 0.4) is 0 Å². The number of phosphoric ester groups is 2. The summed E-state index contributed by atoms with van der Waals surface area (Å²) in [7, 11) is -10.4.